The Labute approximate surface area is 141 Å². The number of hydrogen-bond donors (Lipinski definition) is 0. The summed E-state index contributed by atoms with van der Waals surface area (Å²) in [4.78, 5) is 20.7. The normalized spacial score (nSPS) is 20.3. The van der Waals surface area contributed by atoms with Crippen molar-refractivity contribution in [3.8, 4) is 0 Å². The fraction of sp³-hybridized carbons (Fsp3) is 0.357. The molecular formula is C14H14N4O3S2. The van der Waals surface area contributed by atoms with E-state index in [2.05, 4.69) is 20.2 Å². The first kappa shape index (κ1) is 16.0. The van der Waals surface area contributed by atoms with Gasteiger partial charge in [-0.25, -0.2) is 4.99 Å². The SMILES string of the molecule is COC1=CC2=NC(CSc3nnc(C)s3)=NC(=O)C2=CC1OC. The third-order valence-electron chi connectivity index (χ3n) is 3.19. The molecule has 3 rings (SSSR count). The molecule has 0 bridgehead atoms. The minimum atomic E-state index is -0.395. The summed E-state index contributed by atoms with van der Waals surface area (Å²) in [6.07, 6.45) is 3.01. The number of amidine groups is 1. The number of allylic oxidation sites excluding steroid dienone is 1. The summed E-state index contributed by atoms with van der Waals surface area (Å²) in [6, 6.07) is 0. The Kier molecular flexibility index (Phi) is 4.69. The minimum absolute atomic E-state index is 0.313. The van der Waals surface area contributed by atoms with Crippen LogP contribution in [-0.4, -0.2) is 53.7 Å². The highest BCUT2D eigenvalue weighted by atomic mass is 32.2. The van der Waals surface area contributed by atoms with E-state index in [9.17, 15) is 4.79 Å². The number of ether oxygens (including phenoxy) is 2. The molecule has 0 N–H and O–H groups in total. The van der Waals surface area contributed by atoms with Crippen molar-refractivity contribution in [3.05, 3.63) is 28.5 Å². The van der Waals surface area contributed by atoms with Gasteiger partial charge in [-0.3, -0.25) is 4.79 Å². The minimum Gasteiger partial charge on any atom is -0.498 e. The molecule has 120 valence electrons. The van der Waals surface area contributed by atoms with Crippen LogP contribution in [0.4, 0.5) is 0 Å². The van der Waals surface area contributed by atoms with Crippen molar-refractivity contribution in [1.82, 2.24) is 10.2 Å². The van der Waals surface area contributed by atoms with Gasteiger partial charge in [-0.1, -0.05) is 23.1 Å². The lowest BCUT2D eigenvalue weighted by Gasteiger charge is -2.22. The number of aryl methyl sites for hydroxylation is 1. The number of thioether (sulfide) groups is 1. The van der Waals surface area contributed by atoms with Crippen LogP contribution in [0.2, 0.25) is 0 Å². The zero-order valence-electron chi connectivity index (χ0n) is 12.8. The smallest absolute Gasteiger partial charge is 0.280 e. The number of carbonyl (C=O) groups is 1. The van der Waals surface area contributed by atoms with Gasteiger partial charge in [-0.05, 0) is 13.0 Å². The van der Waals surface area contributed by atoms with E-state index in [1.807, 2.05) is 6.92 Å². The maximum Gasteiger partial charge on any atom is 0.280 e. The van der Waals surface area contributed by atoms with E-state index in [1.54, 1.807) is 26.4 Å². The van der Waals surface area contributed by atoms with Crippen molar-refractivity contribution >= 4 is 40.6 Å². The number of rotatable bonds is 5. The van der Waals surface area contributed by atoms with Gasteiger partial charge in [0.1, 0.15) is 22.7 Å². The van der Waals surface area contributed by atoms with Crippen LogP contribution >= 0.6 is 23.1 Å². The van der Waals surface area contributed by atoms with Crippen LogP contribution in [0.1, 0.15) is 5.01 Å². The number of hydrogen-bond acceptors (Lipinski definition) is 8. The molecule has 2 heterocycles. The molecule has 1 amide bonds. The summed E-state index contributed by atoms with van der Waals surface area (Å²) in [5.74, 6) is 1.22. The van der Waals surface area contributed by atoms with Gasteiger partial charge in [0, 0.05) is 13.2 Å². The Morgan fingerprint density at radius 1 is 1.30 bits per heavy atom. The lowest BCUT2D eigenvalue weighted by molar-refractivity contribution is -0.114. The van der Waals surface area contributed by atoms with E-state index >= 15 is 0 Å². The fourth-order valence-corrected chi connectivity index (χ4v) is 3.79. The monoisotopic (exact) mass is 350 g/mol. The highest BCUT2D eigenvalue weighted by Crippen LogP contribution is 2.25. The summed E-state index contributed by atoms with van der Waals surface area (Å²) in [6.45, 7) is 1.89. The number of nitrogens with zero attached hydrogens (tertiary/aromatic N) is 4. The largest absolute Gasteiger partial charge is 0.498 e. The van der Waals surface area contributed by atoms with Crippen LogP contribution in [0.25, 0.3) is 0 Å². The number of amides is 1. The van der Waals surface area contributed by atoms with Crippen molar-refractivity contribution in [2.75, 3.05) is 20.0 Å². The molecule has 1 aliphatic heterocycles. The summed E-state index contributed by atoms with van der Waals surface area (Å²) in [7, 11) is 3.12. The first-order chi connectivity index (χ1) is 11.1. The zero-order chi connectivity index (χ0) is 16.4. The molecule has 0 radical (unpaired) electrons. The van der Waals surface area contributed by atoms with Crippen molar-refractivity contribution in [3.63, 3.8) is 0 Å². The Morgan fingerprint density at radius 2 is 2.13 bits per heavy atom. The van der Waals surface area contributed by atoms with E-state index in [4.69, 9.17) is 9.47 Å². The Balaban J connectivity index is 1.79. The average Bonchev–Trinajstić information content (AvgIpc) is 2.97. The van der Waals surface area contributed by atoms with Crippen LogP contribution in [0.3, 0.4) is 0 Å². The lowest BCUT2D eigenvalue weighted by atomic mass is 9.99. The van der Waals surface area contributed by atoms with Crippen molar-refractivity contribution in [1.29, 1.82) is 0 Å². The van der Waals surface area contributed by atoms with Crippen molar-refractivity contribution in [2.24, 2.45) is 9.98 Å². The lowest BCUT2D eigenvalue weighted by Crippen LogP contribution is -2.27. The van der Waals surface area contributed by atoms with Crippen LogP contribution in [-0.2, 0) is 14.3 Å². The summed E-state index contributed by atoms with van der Waals surface area (Å²) in [5.41, 5.74) is 0.998. The molecule has 1 aliphatic carbocycles. The molecule has 2 aliphatic rings. The first-order valence-electron chi connectivity index (χ1n) is 6.74. The quantitative estimate of drug-likeness (QED) is 0.753. The van der Waals surface area contributed by atoms with Gasteiger partial charge in [-0.15, -0.1) is 10.2 Å². The van der Waals surface area contributed by atoms with Crippen LogP contribution in [0.15, 0.2) is 37.8 Å². The molecule has 0 aromatic carbocycles. The van der Waals surface area contributed by atoms with E-state index in [1.165, 1.54) is 23.1 Å². The molecule has 0 saturated heterocycles. The standard InChI is InChI=1S/C14H14N4O3S2/c1-7-17-18-14(23-7)22-6-12-15-9-5-11(21-3)10(20-2)4-8(9)13(19)16-12/h4-5,10H,6H2,1-3H3. The second-order valence-corrected chi connectivity index (χ2v) is 7.10. The topological polar surface area (TPSA) is 86.0 Å². The number of aliphatic imine (C=N–C) groups is 2. The Bertz CT molecular complexity index is 764. The van der Waals surface area contributed by atoms with E-state index in [-0.39, 0.29) is 5.91 Å². The number of aromatic nitrogens is 2. The average molecular weight is 350 g/mol. The number of methoxy groups -OCH3 is 2. The Morgan fingerprint density at radius 3 is 2.78 bits per heavy atom. The molecular weight excluding hydrogens is 336 g/mol. The zero-order valence-corrected chi connectivity index (χ0v) is 14.4. The van der Waals surface area contributed by atoms with E-state index < -0.39 is 6.10 Å². The van der Waals surface area contributed by atoms with E-state index in [0.29, 0.717) is 28.6 Å². The molecule has 0 fully saturated rings. The fourth-order valence-electron chi connectivity index (χ4n) is 2.12. The van der Waals surface area contributed by atoms with Gasteiger partial charge in [-0.2, -0.15) is 4.99 Å². The van der Waals surface area contributed by atoms with Crippen molar-refractivity contribution in [2.45, 2.75) is 17.4 Å². The number of fused-ring (bicyclic) bond motifs is 1. The highest BCUT2D eigenvalue weighted by Gasteiger charge is 2.28. The van der Waals surface area contributed by atoms with Crippen LogP contribution in [0, 0.1) is 6.92 Å². The molecule has 0 saturated carbocycles. The second kappa shape index (κ2) is 6.73. The molecule has 9 heteroatoms. The highest BCUT2D eigenvalue weighted by molar-refractivity contribution is 8.01. The molecule has 1 aromatic heterocycles. The molecule has 23 heavy (non-hydrogen) atoms. The molecule has 1 unspecified atom stereocenters. The summed E-state index contributed by atoms with van der Waals surface area (Å²) >= 11 is 2.96. The van der Waals surface area contributed by atoms with Gasteiger partial charge in [0.15, 0.2) is 4.34 Å². The van der Waals surface area contributed by atoms with E-state index in [0.717, 1.165) is 9.35 Å². The predicted octanol–water partition coefficient (Wildman–Crippen LogP) is 1.80. The van der Waals surface area contributed by atoms with Gasteiger partial charge in [0.25, 0.3) is 5.91 Å². The van der Waals surface area contributed by atoms with Gasteiger partial charge >= 0.3 is 0 Å². The van der Waals surface area contributed by atoms with Crippen LogP contribution < -0.4 is 0 Å². The summed E-state index contributed by atoms with van der Waals surface area (Å²) in [5, 5.41) is 8.89. The molecule has 7 nitrogen and oxygen atoms in total. The maximum atomic E-state index is 12.2. The molecule has 1 aromatic rings. The third kappa shape index (κ3) is 3.41. The van der Waals surface area contributed by atoms with Gasteiger partial charge < -0.3 is 9.47 Å². The predicted molar refractivity (Wildman–Crippen MR) is 89.2 cm³/mol. The van der Waals surface area contributed by atoms with Crippen LogP contribution in [0.5, 0.6) is 0 Å². The second-order valence-electron chi connectivity index (χ2n) is 4.69. The third-order valence-corrected chi connectivity index (χ3v) is 5.15. The van der Waals surface area contributed by atoms with Gasteiger partial charge in [0.05, 0.1) is 24.1 Å². The Hall–Kier alpha value is -1.84. The van der Waals surface area contributed by atoms with Crippen molar-refractivity contribution < 1.29 is 14.3 Å². The first-order valence-corrected chi connectivity index (χ1v) is 8.55. The maximum absolute atomic E-state index is 12.2. The number of carbonyl (C=O) groups excluding carboxylic acids is 1. The molecule has 0 spiro atoms. The van der Waals surface area contributed by atoms with Gasteiger partial charge in [0.2, 0.25) is 0 Å². The summed E-state index contributed by atoms with van der Waals surface area (Å²) < 4.78 is 11.4. The molecule has 1 atom stereocenters.